The van der Waals surface area contributed by atoms with Crippen LogP contribution in [0.4, 0.5) is 5.69 Å². The molecule has 4 nitrogen and oxygen atoms in total. The minimum Gasteiger partial charge on any atom is -0.338 e. The van der Waals surface area contributed by atoms with E-state index in [-0.39, 0.29) is 4.90 Å². The molecule has 0 atom stereocenters. The fraction of sp³-hybridized carbons (Fsp3) is 0.188. The molecule has 21 heavy (non-hydrogen) atoms. The van der Waals surface area contributed by atoms with Gasteiger partial charge in [0.15, 0.2) is 5.84 Å². The number of benzene rings is 2. The molecule has 1 aliphatic heterocycles. The van der Waals surface area contributed by atoms with Crippen LogP contribution in [-0.2, 0) is 10.0 Å². The molecule has 1 heterocycles. The first-order valence-corrected chi connectivity index (χ1v) is 8.23. The van der Waals surface area contributed by atoms with E-state index in [0.29, 0.717) is 17.4 Å². The Bertz CT molecular complexity index is 806. The first-order valence-electron chi connectivity index (χ1n) is 6.79. The van der Waals surface area contributed by atoms with Gasteiger partial charge in [0.25, 0.3) is 10.0 Å². The maximum absolute atomic E-state index is 12.2. The summed E-state index contributed by atoms with van der Waals surface area (Å²) in [5.74, 6) is 0.800. The molecule has 2 aromatic carbocycles. The summed E-state index contributed by atoms with van der Waals surface area (Å²) in [6.45, 7) is 4.23. The molecule has 0 saturated carbocycles. The van der Waals surface area contributed by atoms with Crippen LogP contribution in [0.5, 0.6) is 0 Å². The molecule has 2 aromatic rings. The fourth-order valence-corrected chi connectivity index (χ4v) is 3.40. The molecule has 3 rings (SSSR count). The summed E-state index contributed by atoms with van der Waals surface area (Å²) >= 11 is 0. The van der Waals surface area contributed by atoms with Crippen molar-refractivity contribution in [1.82, 2.24) is 0 Å². The third-order valence-corrected chi connectivity index (χ3v) is 4.82. The second-order valence-electron chi connectivity index (χ2n) is 5.31. The van der Waals surface area contributed by atoms with Crippen molar-refractivity contribution in [3.63, 3.8) is 0 Å². The van der Waals surface area contributed by atoms with E-state index in [2.05, 4.69) is 23.6 Å². The summed E-state index contributed by atoms with van der Waals surface area (Å²) in [6.07, 6.45) is 0. The van der Waals surface area contributed by atoms with Gasteiger partial charge in [-0.25, -0.2) is 0 Å². The Kier molecular flexibility index (Phi) is 3.29. The number of amidine groups is 1. The third kappa shape index (κ3) is 2.56. The highest BCUT2D eigenvalue weighted by atomic mass is 32.2. The Labute approximate surface area is 124 Å². The molecule has 0 aliphatic carbocycles. The van der Waals surface area contributed by atoms with E-state index >= 15 is 0 Å². The van der Waals surface area contributed by atoms with Crippen molar-refractivity contribution >= 4 is 21.5 Å². The van der Waals surface area contributed by atoms with Gasteiger partial charge >= 0.3 is 0 Å². The predicted octanol–water partition coefficient (Wildman–Crippen LogP) is 3.37. The zero-order valence-electron chi connectivity index (χ0n) is 11.9. The quantitative estimate of drug-likeness (QED) is 0.925. The molecule has 0 saturated heterocycles. The van der Waals surface area contributed by atoms with E-state index in [4.69, 9.17) is 0 Å². The highest BCUT2D eigenvalue weighted by Gasteiger charge is 2.24. The van der Waals surface area contributed by atoms with Crippen molar-refractivity contribution in [2.45, 2.75) is 24.7 Å². The standard InChI is InChI=1S/C16H16N2O2S/c1-11(2)12-7-9-13(10-8-12)16-17-14-5-3-4-6-15(14)21(19,20)18-16/h3-11H,1-2H3,(H,17,18). The van der Waals surface area contributed by atoms with Crippen LogP contribution in [0.15, 0.2) is 57.8 Å². The summed E-state index contributed by atoms with van der Waals surface area (Å²) in [5, 5.41) is 3.09. The summed E-state index contributed by atoms with van der Waals surface area (Å²) < 4.78 is 28.3. The van der Waals surface area contributed by atoms with Crippen molar-refractivity contribution in [3.8, 4) is 0 Å². The van der Waals surface area contributed by atoms with Gasteiger partial charge in [-0.05, 0) is 23.6 Å². The Morgan fingerprint density at radius 2 is 1.67 bits per heavy atom. The number of fused-ring (bicyclic) bond motifs is 1. The van der Waals surface area contributed by atoms with Gasteiger partial charge in [-0.2, -0.15) is 8.42 Å². The lowest BCUT2D eigenvalue weighted by Gasteiger charge is -2.18. The summed E-state index contributed by atoms with van der Waals surface area (Å²) in [5.41, 5.74) is 2.53. The Morgan fingerprint density at radius 3 is 2.33 bits per heavy atom. The second-order valence-corrected chi connectivity index (χ2v) is 6.89. The first-order chi connectivity index (χ1) is 9.97. The summed E-state index contributed by atoms with van der Waals surface area (Å²) in [7, 11) is -3.64. The lowest BCUT2D eigenvalue weighted by Crippen LogP contribution is -2.22. The predicted molar refractivity (Wildman–Crippen MR) is 84.3 cm³/mol. The number of hydrogen-bond donors (Lipinski definition) is 1. The molecular weight excluding hydrogens is 284 g/mol. The smallest absolute Gasteiger partial charge is 0.286 e. The van der Waals surface area contributed by atoms with Gasteiger partial charge in [-0.1, -0.05) is 50.2 Å². The van der Waals surface area contributed by atoms with Crippen molar-refractivity contribution in [2.24, 2.45) is 4.40 Å². The number of nitrogens with one attached hydrogen (secondary N) is 1. The molecule has 0 unspecified atom stereocenters. The van der Waals surface area contributed by atoms with Crippen LogP contribution in [0.25, 0.3) is 0 Å². The van der Waals surface area contributed by atoms with Crippen molar-refractivity contribution < 1.29 is 8.42 Å². The zero-order chi connectivity index (χ0) is 15.0. The van der Waals surface area contributed by atoms with Crippen LogP contribution in [0, 0.1) is 0 Å². The molecule has 0 amide bonds. The van der Waals surface area contributed by atoms with Crippen LogP contribution in [0.2, 0.25) is 0 Å². The molecular formula is C16H16N2O2S. The van der Waals surface area contributed by atoms with E-state index in [1.807, 2.05) is 24.3 Å². The number of anilines is 1. The summed E-state index contributed by atoms with van der Waals surface area (Å²) in [4.78, 5) is 0.215. The number of nitrogens with zero attached hydrogens (tertiary/aromatic N) is 1. The van der Waals surface area contributed by atoms with Gasteiger partial charge in [-0.3, -0.25) is 0 Å². The Balaban J connectivity index is 2.03. The summed E-state index contributed by atoms with van der Waals surface area (Å²) in [6, 6.07) is 14.6. The lowest BCUT2D eigenvalue weighted by molar-refractivity contribution is 0.598. The Hall–Kier alpha value is -2.14. The molecule has 0 bridgehead atoms. The van der Waals surface area contributed by atoms with Gasteiger partial charge in [0.2, 0.25) is 0 Å². The van der Waals surface area contributed by atoms with E-state index in [1.54, 1.807) is 24.3 Å². The average Bonchev–Trinajstić information content (AvgIpc) is 2.46. The first kappa shape index (κ1) is 13.8. The normalized spacial score (nSPS) is 16.0. The molecule has 0 fully saturated rings. The van der Waals surface area contributed by atoms with Crippen LogP contribution in [0.1, 0.15) is 30.9 Å². The number of sulfonamides is 1. The molecule has 0 radical (unpaired) electrons. The monoisotopic (exact) mass is 300 g/mol. The third-order valence-electron chi connectivity index (χ3n) is 3.48. The SMILES string of the molecule is CC(C)c1ccc(C2=NS(=O)(=O)c3ccccc3N2)cc1. The van der Waals surface area contributed by atoms with Gasteiger partial charge in [0.1, 0.15) is 4.90 Å². The highest BCUT2D eigenvalue weighted by molar-refractivity contribution is 7.90. The molecule has 0 spiro atoms. The number of hydrogen-bond acceptors (Lipinski definition) is 3. The molecule has 108 valence electrons. The second kappa shape index (κ2) is 5.00. The van der Waals surface area contributed by atoms with Gasteiger partial charge in [-0.15, -0.1) is 4.40 Å². The fourth-order valence-electron chi connectivity index (χ4n) is 2.27. The van der Waals surface area contributed by atoms with Crippen LogP contribution >= 0.6 is 0 Å². The van der Waals surface area contributed by atoms with Crippen LogP contribution in [-0.4, -0.2) is 14.3 Å². The van der Waals surface area contributed by atoms with Gasteiger partial charge in [0, 0.05) is 5.56 Å². The maximum Gasteiger partial charge on any atom is 0.286 e. The van der Waals surface area contributed by atoms with Crippen LogP contribution < -0.4 is 5.32 Å². The molecule has 5 heteroatoms. The Morgan fingerprint density at radius 1 is 1.00 bits per heavy atom. The molecule has 1 N–H and O–H groups in total. The molecule has 1 aliphatic rings. The minimum atomic E-state index is -3.64. The molecule has 0 aromatic heterocycles. The number of rotatable bonds is 2. The lowest BCUT2D eigenvalue weighted by atomic mass is 10.0. The van der Waals surface area contributed by atoms with Crippen molar-refractivity contribution in [2.75, 3.05) is 5.32 Å². The average molecular weight is 300 g/mol. The van der Waals surface area contributed by atoms with E-state index < -0.39 is 10.0 Å². The van der Waals surface area contributed by atoms with Gasteiger partial charge in [0.05, 0.1) is 5.69 Å². The van der Waals surface area contributed by atoms with Gasteiger partial charge < -0.3 is 5.32 Å². The highest BCUT2D eigenvalue weighted by Crippen LogP contribution is 2.28. The maximum atomic E-state index is 12.2. The van der Waals surface area contributed by atoms with Crippen molar-refractivity contribution in [3.05, 3.63) is 59.7 Å². The minimum absolute atomic E-state index is 0.215. The number of para-hydroxylation sites is 1. The largest absolute Gasteiger partial charge is 0.338 e. The van der Waals surface area contributed by atoms with Crippen LogP contribution in [0.3, 0.4) is 0 Å². The topological polar surface area (TPSA) is 58.5 Å². The van der Waals surface area contributed by atoms with E-state index in [9.17, 15) is 8.42 Å². The van der Waals surface area contributed by atoms with Crippen molar-refractivity contribution in [1.29, 1.82) is 0 Å². The van der Waals surface area contributed by atoms with E-state index in [1.165, 1.54) is 5.56 Å². The zero-order valence-corrected chi connectivity index (χ0v) is 12.7. The van der Waals surface area contributed by atoms with E-state index in [0.717, 1.165) is 5.56 Å².